The van der Waals surface area contributed by atoms with Crippen molar-refractivity contribution >= 4 is 49.1 Å². The van der Waals surface area contributed by atoms with Crippen LogP contribution in [0.5, 0.6) is 11.5 Å². The molecule has 0 saturated carbocycles. The molecule has 0 amide bonds. The van der Waals surface area contributed by atoms with Crippen molar-refractivity contribution < 1.29 is 18.7 Å². The second kappa shape index (κ2) is 20.5. The zero-order chi connectivity index (χ0) is 34.8. The lowest BCUT2D eigenvalue weighted by Crippen LogP contribution is -2.08. The number of aromatic nitrogens is 1. The Balaban J connectivity index is 0.991. The highest BCUT2D eigenvalue weighted by molar-refractivity contribution is 7.21. The zero-order valence-corrected chi connectivity index (χ0v) is 30.2. The van der Waals surface area contributed by atoms with E-state index in [1.807, 2.05) is 36.4 Å². The number of unbranched alkanes of at least 4 members (excludes halogenated alkanes) is 15. The monoisotopic (exact) mass is 695 g/mol. The van der Waals surface area contributed by atoms with Crippen LogP contribution in [-0.4, -0.2) is 17.6 Å². The summed E-state index contributed by atoms with van der Waals surface area (Å²) in [5.41, 5.74) is 1.73. The molecule has 0 radical (unpaired) electrons. The summed E-state index contributed by atoms with van der Waals surface area (Å²) in [5.74, 6) is 0.422. The van der Waals surface area contributed by atoms with Crippen LogP contribution in [0.1, 0.15) is 120 Å². The number of azo groups is 1. The van der Waals surface area contributed by atoms with Crippen LogP contribution in [0, 0.1) is 5.82 Å². The molecule has 5 rings (SSSR count). The maximum absolute atomic E-state index is 13.6. The lowest BCUT2D eigenvalue weighted by molar-refractivity contribution is 0.0737. The average molecular weight is 696 g/mol. The number of hydrogen-bond donors (Lipinski definition) is 0. The highest BCUT2D eigenvalue weighted by Crippen LogP contribution is 2.36. The molecule has 0 saturated heterocycles. The van der Waals surface area contributed by atoms with Crippen molar-refractivity contribution in [2.45, 2.75) is 110 Å². The summed E-state index contributed by atoms with van der Waals surface area (Å²) in [6.07, 6.45) is 21.5. The second-order valence-corrected chi connectivity index (χ2v) is 14.0. The Bertz CT molecular complexity index is 1800. The van der Waals surface area contributed by atoms with E-state index in [-0.39, 0.29) is 5.82 Å². The number of esters is 1. The lowest BCUT2D eigenvalue weighted by atomic mass is 10.0. The molecule has 0 spiro atoms. The number of rotatable bonds is 22. The van der Waals surface area contributed by atoms with Gasteiger partial charge in [-0.15, -0.1) is 10.2 Å². The third-order valence-electron chi connectivity index (χ3n) is 9.00. The fraction of sp³-hybridized carbons (Fsp3) is 0.429. The van der Waals surface area contributed by atoms with Gasteiger partial charge in [0, 0.05) is 10.8 Å². The van der Waals surface area contributed by atoms with Gasteiger partial charge in [0.2, 0.25) is 5.13 Å². The summed E-state index contributed by atoms with van der Waals surface area (Å²) in [7, 11) is 0. The van der Waals surface area contributed by atoms with Gasteiger partial charge >= 0.3 is 5.97 Å². The predicted molar refractivity (Wildman–Crippen MR) is 204 cm³/mol. The van der Waals surface area contributed by atoms with E-state index in [9.17, 15) is 9.18 Å². The van der Waals surface area contributed by atoms with Gasteiger partial charge in [0.25, 0.3) is 0 Å². The number of carbonyl (C=O) groups is 1. The third kappa shape index (κ3) is 11.7. The summed E-state index contributed by atoms with van der Waals surface area (Å²) >= 11 is 1.27. The molecule has 0 aliphatic heterocycles. The number of ether oxygens (including phenoxy) is 2. The molecule has 264 valence electrons. The maximum atomic E-state index is 13.6. The van der Waals surface area contributed by atoms with Gasteiger partial charge in [-0.2, -0.15) is 0 Å². The fourth-order valence-electron chi connectivity index (χ4n) is 6.14. The molecule has 4 aromatic carbocycles. The van der Waals surface area contributed by atoms with Crippen molar-refractivity contribution in [3.63, 3.8) is 0 Å². The van der Waals surface area contributed by atoms with Crippen LogP contribution >= 0.6 is 11.3 Å². The van der Waals surface area contributed by atoms with Crippen molar-refractivity contribution in [3.05, 3.63) is 90.2 Å². The standard InChI is InChI=1S/C42H50FN3O3S/c1-2-3-4-5-6-7-8-9-10-11-12-13-14-15-16-19-30-48-34-25-22-32(23-26-34)41(47)49-39-29-28-37(35-20-17-18-21-36(35)39)45-46-42-44-38-27-24-33(43)31-40(38)50-42/h17-18,20-29,31H,2-16,19,30H2,1H3. The zero-order valence-electron chi connectivity index (χ0n) is 29.4. The highest BCUT2D eigenvalue weighted by atomic mass is 32.1. The number of benzene rings is 4. The third-order valence-corrected chi connectivity index (χ3v) is 9.91. The minimum atomic E-state index is -0.449. The van der Waals surface area contributed by atoms with Crippen molar-refractivity contribution in [2.24, 2.45) is 10.2 Å². The van der Waals surface area contributed by atoms with Gasteiger partial charge in [-0.25, -0.2) is 14.2 Å². The topological polar surface area (TPSA) is 73.1 Å². The largest absolute Gasteiger partial charge is 0.494 e. The second-order valence-electron chi connectivity index (χ2n) is 13.0. The van der Waals surface area contributed by atoms with Crippen LogP contribution in [-0.2, 0) is 0 Å². The maximum Gasteiger partial charge on any atom is 0.343 e. The number of hydrogen-bond acceptors (Lipinski definition) is 7. The Kier molecular flexibility index (Phi) is 15.2. The molecule has 0 unspecified atom stereocenters. The molecular weight excluding hydrogens is 646 g/mol. The molecule has 8 heteroatoms. The number of carbonyl (C=O) groups excluding carboxylic acids is 1. The van der Waals surface area contributed by atoms with E-state index in [2.05, 4.69) is 22.1 Å². The molecule has 0 aliphatic carbocycles. The van der Waals surface area contributed by atoms with Crippen LogP contribution in [0.3, 0.4) is 0 Å². The van der Waals surface area contributed by atoms with E-state index >= 15 is 0 Å². The lowest BCUT2D eigenvalue weighted by Gasteiger charge is -2.10. The fourth-order valence-corrected chi connectivity index (χ4v) is 6.96. The van der Waals surface area contributed by atoms with Gasteiger partial charge in [0.15, 0.2) is 0 Å². The quantitative estimate of drug-likeness (QED) is 0.0313. The summed E-state index contributed by atoms with van der Waals surface area (Å²) in [4.78, 5) is 17.5. The van der Waals surface area contributed by atoms with Gasteiger partial charge in [0.05, 0.1) is 28.1 Å². The Morgan fingerprint density at radius 1 is 0.700 bits per heavy atom. The average Bonchev–Trinajstić information content (AvgIpc) is 3.54. The SMILES string of the molecule is CCCCCCCCCCCCCCCCCCOc1ccc(C(=O)Oc2ccc(N=Nc3nc4ccc(F)cc4s3)c3ccccc23)cc1. The Morgan fingerprint density at radius 3 is 1.98 bits per heavy atom. The predicted octanol–water partition coefficient (Wildman–Crippen LogP) is 13.9. The molecule has 50 heavy (non-hydrogen) atoms. The van der Waals surface area contributed by atoms with E-state index in [4.69, 9.17) is 9.47 Å². The molecule has 1 aromatic heterocycles. The van der Waals surface area contributed by atoms with Crippen LogP contribution in [0.25, 0.3) is 21.0 Å². The van der Waals surface area contributed by atoms with E-state index in [1.165, 1.54) is 120 Å². The number of nitrogens with zero attached hydrogens (tertiary/aromatic N) is 3. The number of halogens is 1. The number of fused-ring (bicyclic) bond motifs is 2. The molecule has 0 bridgehead atoms. The smallest absolute Gasteiger partial charge is 0.343 e. The summed E-state index contributed by atoms with van der Waals surface area (Å²) in [5, 5.41) is 10.7. The highest BCUT2D eigenvalue weighted by Gasteiger charge is 2.13. The summed E-state index contributed by atoms with van der Waals surface area (Å²) in [6.45, 7) is 2.95. The Labute approximate surface area is 300 Å². The van der Waals surface area contributed by atoms with Gasteiger partial charge in [-0.1, -0.05) is 139 Å². The van der Waals surface area contributed by atoms with Gasteiger partial charge in [0.1, 0.15) is 17.3 Å². The summed E-state index contributed by atoms with van der Waals surface area (Å²) < 4.78 is 26.0. The Morgan fingerprint density at radius 2 is 1.32 bits per heavy atom. The molecule has 0 N–H and O–H groups in total. The van der Waals surface area contributed by atoms with Crippen molar-refractivity contribution in [1.29, 1.82) is 0 Å². The van der Waals surface area contributed by atoms with Gasteiger partial charge in [-0.05, 0) is 61.0 Å². The normalized spacial score (nSPS) is 11.6. The molecular formula is C42H50FN3O3S. The van der Waals surface area contributed by atoms with Crippen LogP contribution in [0.15, 0.2) is 89.1 Å². The summed E-state index contributed by atoms with van der Waals surface area (Å²) in [6, 6.07) is 22.6. The van der Waals surface area contributed by atoms with E-state index < -0.39 is 5.97 Å². The van der Waals surface area contributed by atoms with Gasteiger partial charge < -0.3 is 9.47 Å². The van der Waals surface area contributed by atoms with Crippen LogP contribution < -0.4 is 9.47 Å². The number of thiazole rings is 1. The van der Waals surface area contributed by atoms with E-state index in [1.54, 1.807) is 30.3 Å². The molecule has 1 heterocycles. The molecule has 5 aromatic rings. The minimum absolute atomic E-state index is 0.314. The van der Waals surface area contributed by atoms with Crippen molar-refractivity contribution in [1.82, 2.24) is 4.98 Å². The first kappa shape index (κ1) is 37.1. The first-order chi connectivity index (χ1) is 24.6. The minimum Gasteiger partial charge on any atom is -0.494 e. The van der Waals surface area contributed by atoms with Gasteiger partial charge in [-0.3, -0.25) is 0 Å². The van der Waals surface area contributed by atoms with E-state index in [0.717, 1.165) is 22.9 Å². The Hall–Kier alpha value is -4.17. The molecule has 6 nitrogen and oxygen atoms in total. The van der Waals surface area contributed by atoms with Crippen molar-refractivity contribution in [2.75, 3.05) is 6.61 Å². The molecule has 0 fully saturated rings. The van der Waals surface area contributed by atoms with Crippen molar-refractivity contribution in [3.8, 4) is 11.5 Å². The molecule has 0 aliphatic rings. The van der Waals surface area contributed by atoms with E-state index in [0.29, 0.717) is 39.0 Å². The van der Waals surface area contributed by atoms with Crippen LogP contribution in [0.2, 0.25) is 0 Å². The molecule has 0 atom stereocenters. The van der Waals surface area contributed by atoms with Crippen LogP contribution in [0.4, 0.5) is 15.2 Å². The first-order valence-electron chi connectivity index (χ1n) is 18.6. The first-order valence-corrected chi connectivity index (χ1v) is 19.4.